The summed E-state index contributed by atoms with van der Waals surface area (Å²) in [6, 6.07) is 0. The Morgan fingerprint density at radius 1 is 1.00 bits per heavy atom. The molecule has 0 aliphatic carbocycles. The van der Waals surface area contributed by atoms with E-state index in [0.717, 1.165) is 30.3 Å². The molecule has 0 atom stereocenters. The number of imidazole rings is 1. The number of rotatable bonds is 5. The lowest BCUT2D eigenvalue weighted by Crippen LogP contribution is -2.35. The Labute approximate surface area is 102 Å². The smallest absolute Gasteiger partial charge is 0.300 e. The van der Waals surface area contributed by atoms with Crippen molar-refractivity contribution in [3.05, 3.63) is 31.3 Å². The van der Waals surface area contributed by atoms with Crippen molar-refractivity contribution in [2.45, 2.75) is 39.2 Å². The van der Waals surface area contributed by atoms with Gasteiger partial charge >= 0.3 is 11.4 Å². The van der Waals surface area contributed by atoms with Crippen LogP contribution >= 0.6 is 0 Å². The third-order valence-electron chi connectivity index (χ3n) is 2.90. The van der Waals surface area contributed by atoms with Crippen molar-refractivity contribution in [1.82, 2.24) is 19.5 Å². The van der Waals surface area contributed by atoms with E-state index in [1.807, 2.05) is 0 Å². The van der Waals surface area contributed by atoms with E-state index < -0.39 is 16.9 Å². The average molecular weight is 252 g/mol. The number of nitrogens with zero attached hydrogens (tertiary/aromatic N) is 1. The number of H-pyrrole nitrogens is 3. The first-order chi connectivity index (χ1) is 8.63. The van der Waals surface area contributed by atoms with Gasteiger partial charge in [0.25, 0.3) is 5.56 Å². The molecule has 0 fully saturated rings. The van der Waals surface area contributed by atoms with Crippen molar-refractivity contribution in [3.63, 3.8) is 0 Å². The highest BCUT2D eigenvalue weighted by molar-refractivity contribution is 5.67. The molecule has 0 aliphatic heterocycles. The van der Waals surface area contributed by atoms with E-state index in [1.165, 1.54) is 0 Å². The summed E-state index contributed by atoms with van der Waals surface area (Å²) >= 11 is 0. The van der Waals surface area contributed by atoms with Crippen molar-refractivity contribution in [3.8, 4) is 0 Å². The molecule has 0 saturated heterocycles. The third-order valence-corrected chi connectivity index (χ3v) is 2.90. The first-order valence-electron chi connectivity index (χ1n) is 6.08. The van der Waals surface area contributed by atoms with Crippen molar-refractivity contribution < 1.29 is 0 Å². The van der Waals surface area contributed by atoms with Gasteiger partial charge in [-0.2, -0.15) is 0 Å². The molecule has 7 nitrogen and oxygen atoms in total. The lowest BCUT2D eigenvalue weighted by Gasteiger charge is -2.03. The molecule has 98 valence electrons. The summed E-state index contributed by atoms with van der Waals surface area (Å²) in [4.78, 5) is 42.0. The molecule has 0 unspecified atom stereocenters. The van der Waals surface area contributed by atoms with Gasteiger partial charge in [-0.25, -0.2) is 9.59 Å². The first-order valence-corrected chi connectivity index (χ1v) is 6.08. The maximum Gasteiger partial charge on any atom is 0.330 e. The molecule has 0 bridgehead atoms. The summed E-state index contributed by atoms with van der Waals surface area (Å²) in [5, 5.41) is 0. The molecular weight excluding hydrogens is 236 g/mol. The van der Waals surface area contributed by atoms with Crippen LogP contribution in [0.2, 0.25) is 0 Å². The van der Waals surface area contributed by atoms with Crippen LogP contribution in [0, 0.1) is 0 Å². The summed E-state index contributed by atoms with van der Waals surface area (Å²) in [7, 11) is 0. The van der Waals surface area contributed by atoms with Gasteiger partial charge in [-0.15, -0.1) is 0 Å². The van der Waals surface area contributed by atoms with E-state index in [1.54, 1.807) is 0 Å². The second-order valence-electron chi connectivity index (χ2n) is 4.28. The van der Waals surface area contributed by atoms with Crippen LogP contribution in [-0.2, 0) is 6.54 Å². The molecule has 2 aromatic heterocycles. The predicted molar refractivity (Wildman–Crippen MR) is 67.9 cm³/mol. The summed E-state index contributed by atoms with van der Waals surface area (Å²) in [5.41, 5.74) is -1.17. The second-order valence-corrected chi connectivity index (χ2v) is 4.28. The highest BCUT2D eigenvalue weighted by atomic mass is 16.2. The van der Waals surface area contributed by atoms with Crippen LogP contribution in [0.4, 0.5) is 0 Å². The number of nitrogens with one attached hydrogen (secondary N) is 3. The van der Waals surface area contributed by atoms with Crippen molar-refractivity contribution in [2.24, 2.45) is 0 Å². The molecule has 2 heterocycles. The van der Waals surface area contributed by atoms with Crippen LogP contribution in [0.3, 0.4) is 0 Å². The van der Waals surface area contributed by atoms with E-state index in [0.29, 0.717) is 6.54 Å². The molecule has 0 saturated carbocycles. The number of aromatic nitrogens is 4. The second kappa shape index (κ2) is 5.07. The molecule has 0 aliphatic rings. The molecule has 0 amide bonds. The van der Waals surface area contributed by atoms with Crippen molar-refractivity contribution in [2.75, 3.05) is 0 Å². The van der Waals surface area contributed by atoms with Gasteiger partial charge in [-0.1, -0.05) is 26.2 Å². The van der Waals surface area contributed by atoms with Gasteiger partial charge in [-0.05, 0) is 6.42 Å². The van der Waals surface area contributed by atoms with E-state index in [4.69, 9.17) is 0 Å². The van der Waals surface area contributed by atoms with Gasteiger partial charge < -0.3 is 0 Å². The van der Waals surface area contributed by atoms with E-state index >= 15 is 0 Å². The standard InChI is InChI=1S/C11H16N4O3/c1-2-3-4-5-6-15-9(16)7-8(14-11(15)18)13-10(17)12-7/h2-6H2,1H3,(H,14,18)(H2,12,13,17). The normalized spacial score (nSPS) is 11.2. The van der Waals surface area contributed by atoms with Gasteiger partial charge in [-0.3, -0.25) is 24.3 Å². The van der Waals surface area contributed by atoms with Crippen LogP contribution in [0.15, 0.2) is 14.4 Å². The summed E-state index contributed by atoms with van der Waals surface area (Å²) < 4.78 is 1.13. The van der Waals surface area contributed by atoms with Gasteiger partial charge in [0, 0.05) is 6.54 Å². The van der Waals surface area contributed by atoms with Gasteiger partial charge in [0.1, 0.15) is 5.65 Å². The summed E-state index contributed by atoms with van der Waals surface area (Å²) in [5.74, 6) is 0. The van der Waals surface area contributed by atoms with Gasteiger partial charge in [0.05, 0.1) is 0 Å². The minimum absolute atomic E-state index is 0.120. The lowest BCUT2D eigenvalue weighted by molar-refractivity contribution is 0.554. The van der Waals surface area contributed by atoms with Crippen LogP contribution in [0.5, 0.6) is 0 Å². The Bertz CT molecular complexity index is 703. The number of aromatic amines is 3. The molecule has 0 spiro atoms. The van der Waals surface area contributed by atoms with E-state index in [2.05, 4.69) is 21.9 Å². The van der Waals surface area contributed by atoms with Crippen LogP contribution < -0.4 is 16.9 Å². The van der Waals surface area contributed by atoms with Crippen molar-refractivity contribution >= 4 is 11.2 Å². The van der Waals surface area contributed by atoms with E-state index in [-0.39, 0.29) is 11.2 Å². The fourth-order valence-corrected chi connectivity index (χ4v) is 1.94. The molecule has 3 N–H and O–H groups in total. The maximum absolute atomic E-state index is 12.0. The van der Waals surface area contributed by atoms with Crippen molar-refractivity contribution in [1.29, 1.82) is 0 Å². The summed E-state index contributed by atoms with van der Waals surface area (Å²) in [6.07, 6.45) is 3.92. The SMILES string of the molecule is CCCCCCn1c(=O)[nH]c2[nH]c(=O)[nH]c2c1=O. The minimum Gasteiger partial charge on any atom is -0.300 e. The topological polar surface area (TPSA) is 104 Å². The maximum atomic E-state index is 12.0. The Morgan fingerprint density at radius 3 is 2.50 bits per heavy atom. The Balaban J connectivity index is 2.35. The highest BCUT2D eigenvalue weighted by Gasteiger charge is 2.09. The number of fused-ring (bicyclic) bond motifs is 1. The zero-order valence-electron chi connectivity index (χ0n) is 10.2. The number of hydrogen-bond donors (Lipinski definition) is 3. The zero-order valence-corrected chi connectivity index (χ0v) is 10.2. The molecule has 18 heavy (non-hydrogen) atoms. The first kappa shape index (κ1) is 12.4. The fourth-order valence-electron chi connectivity index (χ4n) is 1.94. The largest absolute Gasteiger partial charge is 0.330 e. The highest BCUT2D eigenvalue weighted by Crippen LogP contribution is 2.00. The Hall–Kier alpha value is -2.05. The quantitative estimate of drug-likeness (QED) is 0.666. The average Bonchev–Trinajstić information content (AvgIpc) is 2.69. The van der Waals surface area contributed by atoms with E-state index in [9.17, 15) is 14.4 Å². The monoisotopic (exact) mass is 252 g/mol. The molecule has 7 heteroatoms. The predicted octanol–water partition coefficient (Wildman–Crippen LogP) is 0.286. The van der Waals surface area contributed by atoms with Crippen LogP contribution in [-0.4, -0.2) is 19.5 Å². The Morgan fingerprint density at radius 2 is 1.78 bits per heavy atom. The molecule has 0 aromatic carbocycles. The third kappa shape index (κ3) is 2.29. The lowest BCUT2D eigenvalue weighted by atomic mass is 10.2. The Kier molecular flexibility index (Phi) is 3.50. The molecule has 0 radical (unpaired) electrons. The molecule has 2 aromatic rings. The zero-order chi connectivity index (χ0) is 13.1. The van der Waals surface area contributed by atoms with Gasteiger partial charge in [0.15, 0.2) is 5.52 Å². The van der Waals surface area contributed by atoms with Crippen LogP contribution in [0.1, 0.15) is 32.6 Å². The number of hydrogen-bond acceptors (Lipinski definition) is 3. The fraction of sp³-hybridized carbons (Fsp3) is 0.545. The molecule has 2 rings (SSSR count). The summed E-state index contributed by atoms with van der Waals surface area (Å²) in [6.45, 7) is 2.47. The van der Waals surface area contributed by atoms with Gasteiger partial charge in [0.2, 0.25) is 0 Å². The number of unbranched alkanes of at least 4 members (excludes halogenated alkanes) is 3. The molecular formula is C11H16N4O3. The minimum atomic E-state index is -0.499. The van der Waals surface area contributed by atoms with Crippen LogP contribution in [0.25, 0.3) is 11.2 Å².